The number of alkyl halides is 3. The van der Waals surface area contributed by atoms with Crippen molar-refractivity contribution in [2.75, 3.05) is 47.1 Å². The monoisotopic (exact) mass is 739 g/mol. The Bertz CT molecular complexity index is 1950. The number of benzene rings is 3. The molecule has 5 rings (SSSR count). The lowest BCUT2D eigenvalue weighted by molar-refractivity contribution is -0.272. The molecule has 1 saturated heterocycles. The molecule has 0 saturated carbocycles. The van der Waals surface area contributed by atoms with Gasteiger partial charge >= 0.3 is 12.1 Å². The number of carbonyl (C=O) groups is 1. The van der Waals surface area contributed by atoms with Crippen molar-refractivity contribution in [3.8, 4) is 17.2 Å². The molecule has 0 bridgehead atoms. The highest BCUT2D eigenvalue weighted by atomic mass is 19.4. The molecule has 53 heavy (non-hydrogen) atoms. The predicted octanol–water partition coefficient (Wildman–Crippen LogP) is 7.63. The van der Waals surface area contributed by atoms with E-state index < -0.39 is 36.2 Å². The number of fused-ring (bicyclic) bond motifs is 1. The molecule has 14 heteroatoms. The van der Waals surface area contributed by atoms with Crippen LogP contribution >= 0.6 is 0 Å². The number of nitrogens with zero attached hydrogens (tertiary/aromatic N) is 3. The van der Waals surface area contributed by atoms with E-state index in [4.69, 9.17) is 30.3 Å². The van der Waals surface area contributed by atoms with Crippen LogP contribution < -0.4 is 14.2 Å². The largest absolute Gasteiger partial charge is 0.493 e. The van der Waals surface area contributed by atoms with E-state index in [0.717, 1.165) is 0 Å². The maximum Gasteiger partial charge on any atom is 0.422 e. The molecular weight excluding hydrogens is 698 g/mol. The molecule has 0 radical (unpaired) electrons. The molecule has 1 aliphatic rings. The quantitative estimate of drug-likeness (QED) is 0.0464. The van der Waals surface area contributed by atoms with E-state index in [1.54, 1.807) is 35.4 Å². The Morgan fingerprint density at radius 1 is 0.981 bits per heavy atom. The first-order valence-electron chi connectivity index (χ1n) is 17.0. The third-order valence-corrected chi connectivity index (χ3v) is 9.00. The highest BCUT2D eigenvalue weighted by molar-refractivity contribution is 5.92. The number of methoxy groups -OCH3 is 2. The second kappa shape index (κ2) is 16.6. The zero-order chi connectivity index (χ0) is 38.3. The van der Waals surface area contributed by atoms with Crippen molar-refractivity contribution in [1.29, 1.82) is 0 Å². The van der Waals surface area contributed by atoms with Gasteiger partial charge in [-0.3, -0.25) is 4.90 Å². The number of β-amino-alcohol motifs (C(OH)–C–C–N with tert-alkyl or cyclic N) is 1. The number of rotatable bonds is 14. The molecule has 10 nitrogen and oxygen atoms in total. The Kier molecular flexibility index (Phi) is 12.2. The van der Waals surface area contributed by atoms with Gasteiger partial charge in [0.25, 0.3) is 0 Å². The number of hydrogen-bond acceptors (Lipinski definition) is 8. The highest BCUT2D eigenvalue weighted by Crippen LogP contribution is 2.45. The summed E-state index contributed by atoms with van der Waals surface area (Å²) in [6.07, 6.45) is -2.04. The summed E-state index contributed by atoms with van der Waals surface area (Å²) in [5.41, 5.74) is -1.87. The number of hydrogen-bond donors (Lipinski definition) is 1. The molecule has 1 atom stereocenters. The Morgan fingerprint density at radius 2 is 1.62 bits per heavy atom. The number of aliphatic hydroxyl groups is 1. The van der Waals surface area contributed by atoms with Gasteiger partial charge < -0.3 is 33.4 Å². The van der Waals surface area contributed by atoms with Crippen LogP contribution in [-0.2, 0) is 26.4 Å². The normalized spacial score (nSPS) is 15.4. The summed E-state index contributed by atoms with van der Waals surface area (Å²) in [6, 6.07) is 13.2. The molecule has 1 fully saturated rings. The van der Waals surface area contributed by atoms with Crippen molar-refractivity contribution >= 4 is 28.6 Å². The summed E-state index contributed by atoms with van der Waals surface area (Å²) < 4.78 is 88.2. The molecular formula is C39H41F4N3O7. The Labute approximate surface area is 304 Å². The summed E-state index contributed by atoms with van der Waals surface area (Å²) in [6.45, 7) is 11.0. The lowest BCUT2D eigenvalue weighted by Crippen LogP contribution is -2.53. The molecule has 1 unspecified atom stereocenters. The van der Waals surface area contributed by atoms with Crippen molar-refractivity contribution in [2.24, 2.45) is 0 Å². The standard InChI is InChI=1S/C39H41F4N3O7/c1-6-51-35(37(47)52-7-2)20-26-18-33(49-4)36(34(19-26)50-5)53-29-14-16-45(17-15-29)24-38(48,39(41,42)43)31-23-46(22-25-8-10-27(40)11-9-25)32-21-28(44-3)12-13-30(31)32/h8-13,18-21,23,29,48H,6-7,14-17,22,24H2,1-2,4-5H3. The first-order chi connectivity index (χ1) is 25.3. The van der Waals surface area contributed by atoms with Gasteiger partial charge in [0.2, 0.25) is 17.1 Å². The van der Waals surface area contributed by atoms with Gasteiger partial charge in [0.1, 0.15) is 11.9 Å². The fraction of sp³-hybridized carbons (Fsp3) is 0.385. The minimum absolute atomic E-state index is 0.00359. The van der Waals surface area contributed by atoms with Gasteiger partial charge in [-0.2, -0.15) is 13.2 Å². The third-order valence-electron chi connectivity index (χ3n) is 9.00. The maximum atomic E-state index is 15.0. The maximum absolute atomic E-state index is 15.0. The van der Waals surface area contributed by atoms with Gasteiger partial charge in [0, 0.05) is 48.8 Å². The van der Waals surface area contributed by atoms with E-state index >= 15 is 13.2 Å². The van der Waals surface area contributed by atoms with Gasteiger partial charge in [-0.05, 0) is 74.2 Å². The van der Waals surface area contributed by atoms with Gasteiger partial charge in [0.05, 0.1) is 34.0 Å². The third kappa shape index (κ3) is 8.69. The van der Waals surface area contributed by atoms with Crippen molar-refractivity contribution in [3.05, 3.63) is 100 Å². The van der Waals surface area contributed by atoms with E-state index in [1.807, 2.05) is 0 Å². The van der Waals surface area contributed by atoms with E-state index in [-0.39, 0.29) is 55.2 Å². The van der Waals surface area contributed by atoms with Gasteiger partial charge in [0.15, 0.2) is 17.2 Å². The lowest BCUT2D eigenvalue weighted by atomic mass is 9.91. The Hall–Kier alpha value is -5.26. The summed E-state index contributed by atoms with van der Waals surface area (Å²) in [4.78, 5) is 17.4. The zero-order valence-corrected chi connectivity index (χ0v) is 29.8. The van der Waals surface area contributed by atoms with Crippen LogP contribution in [0.2, 0.25) is 0 Å². The summed E-state index contributed by atoms with van der Waals surface area (Å²) >= 11 is 0. The van der Waals surface area contributed by atoms with Crippen LogP contribution in [0.1, 0.15) is 43.4 Å². The van der Waals surface area contributed by atoms with Gasteiger partial charge in [-0.15, -0.1) is 0 Å². The van der Waals surface area contributed by atoms with Gasteiger partial charge in [-0.1, -0.05) is 24.3 Å². The first-order valence-corrected chi connectivity index (χ1v) is 17.0. The average Bonchev–Trinajstić information content (AvgIpc) is 3.50. The SMILES string of the molecule is [C-]#[N+]c1ccc2c(C(O)(CN3CCC(Oc4c(OC)cc(C=C(OCC)C(=O)OCC)cc4OC)CC3)C(F)(F)F)cn(Cc3ccc(F)cc3)c2c1. The summed E-state index contributed by atoms with van der Waals surface area (Å²) in [5.74, 6) is -0.161. The minimum atomic E-state index is -5.06. The molecule has 2 heterocycles. The molecule has 282 valence electrons. The molecule has 4 aromatic rings. The molecule has 1 aromatic heterocycles. The van der Waals surface area contributed by atoms with Crippen molar-refractivity contribution < 1.29 is 51.1 Å². The number of halogens is 4. The zero-order valence-electron chi connectivity index (χ0n) is 29.8. The fourth-order valence-corrected chi connectivity index (χ4v) is 6.37. The summed E-state index contributed by atoms with van der Waals surface area (Å²) in [5, 5.41) is 11.8. The lowest BCUT2D eigenvalue weighted by Gasteiger charge is -2.39. The summed E-state index contributed by atoms with van der Waals surface area (Å²) in [7, 11) is 2.90. The number of esters is 1. The minimum Gasteiger partial charge on any atom is -0.493 e. The van der Waals surface area contributed by atoms with Crippen LogP contribution in [-0.4, -0.2) is 79.9 Å². The number of aromatic nitrogens is 1. The smallest absolute Gasteiger partial charge is 0.422 e. The van der Waals surface area contributed by atoms with Crippen LogP contribution in [0, 0.1) is 12.4 Å². The molecule has 0 amide bonds. The van der Waals surface area contributed by atoms with E-state index in [2.05, 4.69) is 4.85 Å². The second-order valence-corrected chi connectivity index (χ2v) is 12.5. The van der Waals surface area contributed by atoms with Crippen LogP contribution in [0.25, 0.3) is 21.8 Å². The number of piperidine rings is 1. The Balaban J connectivity index is 1.37. The fourth-order valence-electron chi connectivity index (χ4n) is 6.37. The Morgan fingerprint density at radius 3 is 2.19 bits per heavy atom. The molecule has 3 aromatic carbocycles. The second-order valence-electron chi connectivity index (χ2n) is 12.5. The number of ether oxygens (including phenoxy) is 5. The van der Waals surface area contributed by atoms with Crippen molar-refractivity contribution in [1.82, 2.24) is 9.47 Å². The van der Waals surface area contributed by atoms with Crippen LogP contribution in [0.5, 0.6) is 17.2 Å². The number of likely N-dealkylation sites (tertiary alicyclic amines) is 1. The van der Waals surface area contributed by atoms with Gasteiger partial charge in [-0.25, -0.2) is 14.0 Å². The van der Waals surface area contributed by atoms with E-state index in [1.165, 1.54) is 69.0 Å². The molecule has 0 aliphatic carbocycles. The van der Waals surface area contributed by atoms with Crippen LogP contribution in [0.4, 0.5) is 23.2 Å². The van der Waals surface area contributed by atoms with Crippen LogP contribution in [0.15, 0.2) is 66.6 Å². The average molecular weight is 740 g/mol. The molecule has 1 N–H and O–H groups in total. The van der Waals surface area contributed by atoms with Crippen molar-refractivity contribution in [3.63, 3.8) is 0 Å². The molecule has 1 aliphatic heterocycles. The van der Waals surface area contributed by atoms with Crippen LogP contribution in [0.3, 0.4) is 0 Å². The van der Waals surface area contributed by atoms with E-state index in [9.17, 15) is 14.3 Å². The van der Waals surface area contributed by atoms with E-state index in [0.29, 0.717) is 46.7 Å². The van der Waals surface area contributed by atoms with Crippen molar-refractivity contribution in [2.45, 2.75) is 51.1 Å². The highest BCUT2D eigenvalue weighted by Gasteiger charge is 2.57. The molecule has 0 spiro atoms. The predicted molar refractivity (Wildman–Crippen MR) is 190 cm³/mol. The first kappa shape index (κ1) is 39.0. The topological polar surface area (TPSA) is 96.0 Å². The number of carbonyl (C=O) groups excluding carboxylic acids is 1.